The molecule has 0 saturated heterocycles. The molecular formula is C31H34O7S2. The van der Waals surface area contributed by atoms with Crippen molar-refractivity contribution in [2.75, 3.05) is 24.4 Å². The minimum atomic E-state index is -3.03. The van der Waals surface area contributed by atoms with Crippen molar-refractivity contribution in [3.8, 4) is 22.6 Å². The Kier molecular flexibility index (Phi) is 8.44. The summed E-state index contributed by atoms with van der Waals surface area (Å²) in [6.07, 6.45) is 3.37. The van der Waals surface area contributed by atoms with Crippen molar-refractivity contribution in [3.63, 3.8) is 0 Å². The smallest absolute Gasteiger partial charge is 0.303 e. The fourth-order valence-electron chi connectivity index (χ4n) is 5.78. The molecule has 0 fully saturated rings. The molecule has 40 heavy (non-hydrogen) atoms. The maximum absolute atomic E-state index is 11.4. The van der Waals surface area contributed by atoms with Gasteiger partial charge in [-0.15, -0.1) is 11.8 Å². The molecule has 1 heterocycles. The quantitative estimate of drug-likeness (QED) is 0.277. The lowest BCUT2D eigenvalue weighted by molar-refractivity contribution is -0.137. The number of benzene rings is 3. The molecule has 212 valence electrons. The number of aliphatic hydroxyl groups is 1. The Balaban J connectivity index is 1.35. The minimum Gasteiger partial charge on any atom is -0.494 e. The van der Waals surface area contributed by atoms with Gasteiger partial charge < -0.3 is 19.7 Å². The van der Waals surface area contributed by atoms with Crippen molar-refractivity contribution in [1.29, 1.82) is 0 Å². The molecule has 2 aliphatic rings. The van der Waals surface area contributed by atoms with E-state index in [2.05, 4.69) is 12.1 Å². The van der Waals surface area contributed by atoms with Crippen LogP contribution in [0.3, 0.4) is 0 Å². The molecule has 9 heteroatoms. The van der Waals surface area contributed by atoms with E-state index < -0.39 is 15.8 Å². The Morgan fingerprint density at radius 1 is 1.10 bits per heavy atom. The third-order valence-corrected chi connectivity index (χ3v) is 9.80. The molecule has 2 atom stereocenters. The van der Waals surface area contributed by atoms with Gasteiger partial charge >= 0.3 is 5.97 Å². The number of thioether (sulfide) groups is 1. The zero-order valence-corrected chi connectivity index (χ0v) is 24.3. The van der Waals surface area contributed by atoms with Crippen molar-refractivity contribution in [3.05, 3.63) is 76.3 Å². The Hall–Kier alpha value is -3.01. The van der Waals surface area contributed by atoms with Gasteiger partial charge in [0.15, 0.2) is 0 Å². The van der Waals surface area contributed by atoms with E-state index in [9.17, 15) is 23.4 Å². The third kappa shape index (κ3) is 6.32. The standard InChI is InChI=1S/C31H34O7S2/c1-19-13-23(37-11-4-12-40(2,35)36)14-20(17-32)31(19)27-6-3-5-26-25(27)9-10-28(26)38-22-7-8-24-21(15-30(33)34)18-39-29(24)16-22/h3,5-8,13-14,16,21,28,32H,4,9-12,15,17-18H2,1-2H3,(H,33,34)/t21-,28?/m1/s1. The molecule has 7 nitrogen and oxygen atoms in total. The number of aliphatic carboxylic acids is 1. The number of ether oxygens (including phenoxy) is 2. The number of carboxylic acids is 1. The van der Waals surface area contributed by atoms with Crippen LogP contribution < -0.4 is 9.47 Å². The summed E-state index contributed by atoms with van der Waals surface area (Å²) in [6.45, 7) is 2.15. The normalized spacial score (nSPS) is 17.9. The number of rotatable bonds is 11. The predicted molar refractivity (Wildman–Crippen MR) is 156 cm³/mol. The summed E-state index contributed by atoms with van der Waals surface area (Å²) in [7, 11) is -3.03. The average molecular weight is 583 g/mol. The molecule has 0 aromatic heterocycles. The molecule has 5 rings (SSSR count). The van der Waals surface area contributed by atoms with Crippen LogP contribution in [0.25, 0.3) is 11.1 Å². The van der Waals surface area contributed by atoms with Crippen LogP contribution in [-0.2, 0) is 27.7 Å². The van der Waals surface area contributed by atoms with E-state index in [4.69, 9.17) is 9.47 Å². The number of hydrogen-bond acceptors (Lipinski definition) is 7. The van der Waals surface area contributed by atoms with Crippen LogP contribution >= 0.6 is 11.8 Å². The van der Waals surface area contributed by atoms with Gasteiger partial charge in [0.1, 0.15) is 27.4 Å². The van der Waals surface area contributed by atoms with Crippen LogP contribution in [-0.4, -0.2) is 49.0 Å². The van der Waals surface area contributed by atoms with Crippen LogP contribution in [0.2, 0.25) is 0 Å². The maximum Gasteiger partial charge on any atom is 0.303 e. The van der Waals surface area contributed by atoms with Gasteiger partial charge in [-0.05, 0) is 89.4 Å². The largest absolute Gasteiger partial charge is 0.494 e. The van der Waals surface area contributed by atoms with E-state index in [-0.39, 0.29) is 37.4 Å². The van der Waals surface area contributed by atoms with Gasteiger partial charge in [-0.25, -0.2) is 8.42 Å². The molecule has 0 amide bonds. The van der Waals surface area contributed by atoms with E-state index in [0.717, 1.165) is 62.6 Å². The number of aryl methyl sites for hydroxylation is 1. The zero-order chi connectivity index (χ0) is 28.4. The second kappa shape index (κ2) is 11.8. The summed E-state index contributed by atoms with van der Waals surface area (Å²) in [5.74, 6) is 1.52. The maximum atomic E-state index is 11.4. The van der Waals surface area contributed by atoms with E-state index in [1.165, 1.54) is 11.8 Å². The van der Waals surface area contributed by atoms with E-state index in [1.54, 1.807) is 11.8 Å². The number of sulfone groups is 1. The fourth-order valence-corrected chi connectivity index (χ4v) is 7.70. The Morgan fingerprint density at radius 2 is 1.93 bits per heavy atom. The molecule has 1 aliphatic heterocycles. The van der Waals surface area contributed by atoms with Gasteiger partial charge in [0, 0.05) is 22.8 Å². The first-order valence-corrected chi connectivity index (χ1v) is 16.5. The summed E-state index contributed by atoms with van der Waals surface area (Å²) in [6, 6.07) is 16.0. The number of hydrogen-bond donors (Lipinski definition) is 2. The monoisotopic (exact) mass is 582 g/mol. The van der Waals surface area contributed by atoms with E-state index in [1.807, 2.05) is 43.3 Å². The first-order chi connectivity index (χ1) is 19.1. The lowest BCUT2D eigenvalue weighted by atomic mass is 9.90. The Labute approximate surface area is 239 Å². The molecule has 1 aliphatic carbocycles. The van der Waals surface area contributed by atoms with Crippen molar-refractivity contribution in [2.24, 2.45) is 0 Å². The predicted octanol–water partition coefficient (Wildman–Crippen LogP) is 5.70. The third-order valence-electron chi connectivity index (χ3n) is 7.54. The van der Waals surface area contributed by atoms with Gasteiger partial charge in [-0.2, -0.15) is 0 Å². The summed E-state index contributed by atoms with van der Waals surface area (Å²) < 4.78 is 35.1. The Morgan fingerprint density at radius 3 is 2.67 bits per heavy atom. The highest BCUT2D eigenvalue weighted by Gasteiger charge is 2.29. The van der Waals surface area contributed by atoms with Crippen molar-refractivity contribution >= 4 is 27.6 Å². The lowest BCUT2D eigenvalue weighted by Gasteiger charge is -2.19. The fraction of sp³-hybridized carbons (Fsp3) is 0.387. The highest BCUT2D eigenvalue weighted by atomic mass is 32.2. The molecular weight excluding hydrogens is 548 g/mol. The molecule has 0 bridgehead atoms. The minimum absolute atomic E-state index is 0.0366. The summed E-state index contributed by atoms with van der Waals surface area (Å²) in [5.41, 5.74) is 7.25. The van der Waals surface area contributed by atoms with Gasteiger partial charge in [0.2, 0.25) is 0 Å². The van der Waals surface area contributed by atoms with Crippen molar-refractivity contribution < 1.29 is 32.9 Å². The Bertz CT molecular complexity index is 1530. The highest BCUT2D eigenvalue weighted by molar-refractivity contribution is 7.99. The second-order valence-corrected chi connectivity index (χ2v) is 13.9. The number of carboxylic acid groups (broad SMARTS) is 1. The SMILES string of the molecule is Cc1cc(OCCCS(C)(=O)=O)cc(CO)c1-c1cccc2c1CCC2Oc1ccc2c(c1)SC[C@H]2CC(=O)O. The molecule has 0 radical (unpaired) electrons. The molecule has 0 spiro atoms. The van der Waals surface area contributed by atoms with Crippen molar-refractivity contribution in [2.45, 2.75) is 56.1 Å². The molecule has 2 N–H and O–H groups in total. The highest BCUT2D eigenvalue weighted by Crippen LogP contribution is 2.46. The second-order valence-electron chi connectivity index (χ2n) is 10.6. The van der Waals surface area contributed by atoms with Crippen molar-refractivity contribution in [1.82, 2.24) is 0 Å². The molecule has 3 aromatic carbocycles. The number of carbonyl (C=O) groups is 1. The summed E-state index contributed by atoms with van der Waals surface area (Å²) in [4.78, 5) is 12.3. The van der Waals surface area contributed by atoms with Crippen LogP contribution in [0.15, 0.2) is 53.4 Å². The van der Waals surface area contributed by atoms with E-state index in [0.29, 0.717) is 12.2 Å². The van der Waals surface area contributed by atoms with Gasteiger partial charge in [-0.1, -0.05) is 24.3 Å². The zero-order valence-electron chi connectivity index (χ0n) is 22.7. The number of fused-ring (bicyclic) bond motifs is 2. The summed E-state index contributed by atoms with van der Waals surface area (Å²) >= 11 is 1.69. The topological polar surface area (TPSA) is 110 Å². The van der Waals surface area contributed by atoms with Gasteiger partial charge in [0.25, 0.3) is 0 Å². The van der Waals surface area contributed by atoms with Crippen LogP contribution in [0, 0.1) is 6.92 Å². The van der Waals surface area contributed by atoms with Gasteiger partial charge in [-0.3, -0.25) is 4.79 Å². The molecule has 1 unspecified atom stereocenters. The van der Waals surface area contributed by atoms with E-state index >= 15 is 0 Å². The average Bonchev–Trinajstić information content (AvgIpc) is 3.49. The molecule has 0 saturated carbocycles. The first kappa shape index (κ1) is 28.5. The van der Waals surface area contributed by atoms with Crippen LogP contribution in [0.4, 0.5) is 0 Å². The lowest BCUT2D eigenvalue weighted by Crippen LogP contribution is -2.08. The first-order valence-electron chi connectivity index (χ1n) is 13.4. The van der Waals surface area contributed by atoms with Gasteiger partial charge in [0.05, 0.1) is 25.4 Å². The molecule has 3 aromatic rings. The summed E-state index contributed by atoms with van der Waals surface area (Å²) in [5, 5.41) is 19.5. The van der Waals surface area contributed by atoms with Crippen LogP contribution in [0.5, 0.6) is 11.5 Å². The van der Waals surface area contributed by atoms with Crippen LogP contribution in [0.1, 0.15) is 59.1 Å². The number of aliphatic hydroxyl groups excluding tert-OH is 1.